The standard InChI is InChI=1S/C12H15NO6/c1-7(12-8(14)3-2-4-9(12)15)13(5-10(16)17)6-11(18)19/h2-4,7,14-15H,5-6H2,1H3,(H,16,17)(H,18,19). The van der Waals surface area contributed by atoms with Crippen molar-refractivity contribution in [3.05, 3.63) is 23.8 Å². The molecule has 0 fully saturated rings. The molecule has 104 valence electrons. The molecule has 1 aromatic rings. The van der Waals surface area contributed by atoms with E-state index in [9.17, 15) is 19.8 Å². The zero-order chi connectivity index (χ0) is 14.6. The van der Waals surface area contributed by atoms with Gasteiger partial charge in [-0.1, -0.05) is 6.07 Å². The van der Waals surface area contributed by atoms with Crippen molar-refractivity contribution in [3.63, 3.8) is 0 Å². The van der Waals surface area contributed by atoms with Crippen molar-refractivity contribution in [2.75, 3.05) is 13.1 Å². The first-order valence-electron chi connectivity index (χ1n) is 5.51. The van der Waals surface area contributed by atoms with Crippen molar-refractivity contribution in [2.45, 2.75) is 13.0 Å². The highest BCUT2D eigenvalue weighted by Gasteiger charge is 2.25. The monoisotopic (exact) mass is 269 g/mol. The molecule has 1 atom stereocenters. The summed E-state index contributed by atoms with van der Waals surface area (Å²) in [4.78, 5) is 22.6. The first-order chi connectivity index (χ1) is 8.82. The van der Waals surface area contributed by atoms with Crippen LogP contribution in [0.15, 0.2) is 18.2 Å². The van der Waals surface area contributed by atoms with Crippen molar-refractivity contribution >= 4 is 11.9 Å². The van der Waals surface area contributed by atoms with E-state index in [2.05, 4.69) is 0 Å². The first kappa shape index (κ1) is 14.8. The van der Waals surface area contributed by atoms with Gasteiger partial charge in [-0.3, -0.25) is 14.5 Å². The quantitative estimate of drug-likeness (QED) is 0.598. The topological polar surface area (TPSA) is 118 Å². The number of benzene rings is 1. The highest BCUT2D eigenvalue weighted by atomic mass is 16.4. The van der Waals surface area contributed by atoms with E-state index in [0.29, 0.717) is 0 Å². The van der Waals surface area contributed by atoms with Gasteiger partial charge in [-0.05, 0) is 19.1 Å². The number of nitrogens with zero attached hydrogens (tertiary/aromatic N) is 1. The Labute approximate surface area is 109 Å². The molecule has 7 nitrogen and oxygen atoms in total. The van der Waals surface area contributed by atoms with E-state index in [1.807, 2.05) is 0 Å². The van der Waals surface area contributed by atoms with Gasteiger partial charge in [0.15, 0.2) is 0 Å². The summed E-state index contributed by atoms with van der Waals surface area (Å²) in [5.74, 6) is -2.81. The fraction of sp³-hybridized carbons (Fsp3) is 0.333. The maximum absolute atomic E-state index is 10.7. The molecule has 0 aliphatic rings. The summed E-state index contributed by atoms with van der Waals surface area (Å²) < 4.78 is 0. The number of rotatable bonds is 6. The summed E-state index contributed by atoms with van der Waals surface area (Å²) in [5.41, 5.74) is 0.102. The lowest BCUT2D eigenvalue weighted by Gasteiger charge is -2.27. The minimum atomic E-state index is -1.19. The van der Waals surface area contributed by atoms with Gasteiger partial charge in [0, 0.05) is 6.04 Å². The zero-order valence-electron chi connectivity index (χ0n) is 10.3. The lowest BCUT2D eigenvalue weighted by atomic mass is 10.0. The second-order valence-electron chi connectivity index (χ2n) is 4.08. The molecule has 7 heteroatoms. The van der Waals surface area contributed by atoms with E-state index < -0.39 is 31.1 Å². The molecule has 0 aromatic heterocycles. The molecule has 0 radical (unpaired) electrons. The Morgan fingerprint density at radius 3 is 1.89 bits per heavy atom. The molecule has 1 aromatic carbocycles. The molecule has 0 aliphatic heterocycles. The molecule has 0 saturated heterocycles. The third-order valence-electron chi connectivity index (χ3n) is 2.70. The van der Waals surface area contributed by atoms with Crippen molar-refractivity contribution in [3.8, 4) is 11.5 Å². The van der Waals surface area contributed by atoms with Gasteiger partial charge in [0.2, 0.25) is 0 Å². The number of carboxylic acids is 2. The summed E-state index contributed by atoms with van der Waals surface area (Å²) in [6.07, 6.45) is 0. The SMILES string of the molecule is CC(c1c(O)cccc1O)N(CC(=O)O)CC(=O)O. The molecular formula is C12H15NO6. The van der Waals surface area contributed by atoms with Gasteiger partial charge in [0.1, 0.15) is 11.5 Å². The van der Waals surface area contributed by atoms with E-state index in [0.717, 1.165) is 4.90 Å². The third-order valence-corrected chi connectivity index (χ3v) is 2.70. The van der Waals surface area contributed by atoms with Gasteiger partial charge < -0.3 is 20.4 Å². The molecule has 0 saturated carbocycles. The Hall–Kier alpha value is -2.28. The molecule has 0 amide bonds. The smallest absolute Gasteiger partial charge is 0.317 e. The van der Waals surface area contributed by atoms with Crippen LogP contribution < -0.4 is 0 Å². The molecule has 0 aliphatic carbocycles. The van der Waals surface area contributed by atoms with Gasteiger partial charge in [0.25, 0.3) is 0 Å². The number of carboxylic acid groups (broad SMARTS) is 2. The van der Waals surface area contributed by atoms with Gasteiger partial charge in [-0.25, -0.2) is 0 Å². The Kier molecular flexibility index (Phi) is 4.71. The lowest BCUT2D eigenvalue weighted by Crippen LogP contribution is -2.36. The molecular weight excluding hydrogens is 254 g/mol. The number of hydrogen-bond acceptors (Lipinski definition) is 5. The molecule has 0 spiro atoms. The van der Waals surface area contributed by atoms with Crippen LogP contribution in [0.4, 0.5) is 0 Å². The summed E-state index contributed by atoms with van der Waals surface area (Å²) in [6.45, 7) is 0.489. The Bertz CT molecular complexity index is 451. The van der Waals surface area contributed by atoms with Gasteiger partial charge in [0.05, 0.1) is 18.7 Å². The predicted octanol–water partition coefficient (Wildman–Crippen LogP) is 0.630. The minimum absolute atomic E-state index is 0.102. The summed E-state index contributed by atoms with van der Waals surface area (Å²) in [7, 11) is 0. The Morgan fingerprint density at radius 2 is 1.53 bits per heavy atom. The van der Waals surface area contributed by atoms with Crippen molar-refractivity contribution < 1.29 is 30.0 Å². The lowest BCUT2D eigenvalue weighted by molar-refractivity contribution is -0.142. The maximum atomic E-state index is 10.7. The van der Waals surface area contributed by atoms with Crippen LogP contribution >= 0.6 is 0 Å². The number of carbonyl (C=O) groups is 2. The van der Waals surface area contributed by atoms with E-state index >= 15 is 0 Å². The van der Waals surface area contributed by atoms with E-state index in [4.69, 9.17) is 10.2 Å². The second kappa shape index (κ2) is 6.05. The van der Waals surface area contributed by atoms with E-state index in [1.54, 1.807) is 0 Å². The highest BCUT2D eigenvalue weighted by Crippen LogP contribution is 2.35. The number of hydrogen-bond donors (Lipinski definition) is 4. The van der Waals surface area contributed by atoms with Crippen molar-refractivity contribution in [1.82, 2.24) is 4.90 Å². The fourth-order valence-electron chi connectivity index (χ4n) is 1.83. The van der Waals surface area contributed by atoms with Crippen LogP contribution in [-0.4, -0.2) is 50.4 Å². The van der Waals surface area contributed by atoms with Crippen LogP contribution in [0, 0.1) is 0 Å². The van der Waals surface area contributed by atoms with Gasteiger partial charge in [-0.15, -0.1) is 0 Å². The number of phenolic OH excluding ortho intramolecular Hbond substituents is 2. The third kappa shape index (κ3) is 3.85. The second-order valence-corrected chi connectivity index (χ2v) is 4.08. The van der Waals surface area contributed by atoms with Crippen LogP contribution in [-0.2, 0) is 9.59 Å². The zero-order valence-corrected chi connectivity index (χ0v) is 10.3. The van der Waals surface area contributed by atoms with Crippen molar-refractivity contribution in [2.24, 2.45) is 0 Å². The Morgan fingerprint density at radius 1 is 1.11 bits per heavy atom. The largest absolute Gasteiger partial charge is 0.507 e. The molecule has 4 N–H and O–H groups in total. The average molecular weight is 269 g/mol. The molecule has 19 heavy (non-hydrogen) atoms. The minimum Gasteiger partial charge on any atom is -0.507 e. The van der Waals surface area contributed by atoms with Crippen LogP contribution in [0.3, 0.4) is 0 Å². The first-order valence-corrected chi connectivity index (χ1v) is 5.51. The summed E-state index contributed by atoms with van der Waals surface area (Å²) in [6, 6.07) is 3.35. The molecule has 0 heterocycles. The predicted molar refractivity (Wildman–Crippen MR) is 65.0 cm³/mol. The number of phenols is 2. The molecule has 1 rings (SSSR count). The van der Waals surface area contributed by atoms with Crippen LogP contribution in [0.2, 0.25) is 0 Å². The van der Waals surface area contributed by atoms with Gasteiger partial charge in [-0.2, -0.15) is 0 Å². The van der Waals surface area contributed by atoms with Crippen LogP contribution in [0.1, 0.15) is 18.5 Å². The fourth-order valence-corrected chi connectivity index (χ4v) is 1.83. The normalized spacial score (nSPS) is 12.3. The maximum Gasteiger partial charge on any atom is 0.317 e. The highest BCUT2D eigenvalue weighted by molar-refractivity contribution is 5.72. The molecule has 1 unspecified atom stereocenters. The summed E-state index contributed by atoms with van der Waals surface area (Å²) >= 11 is 0. The number of aromatic hydroxyl groups is 2. The average Bonchev–Trinajstić information content (AvgIpc) is 2.26. The van der Waals surface area contributed by atoms with Crippen molar-refractivity contribution in [1.29, 1.82) is 0 Å². The van der Waals surface area contributed by atoms with E-state index in [1.165, 1.54) is 25.1 Å². The van der Waals surface area contributed by atoms with Gasteiger partial charge >= 0.3 is 11.9 Å². The van der Waals surface area contributed by atoms with Crippen LogP contribution in [0.5, 0.6) is 11.5 Å². The summed E-state index contributed by atoms with van der Waals surface area (Å²) in [5, 5.41) is 36.9. The van der Waals surface area contributed by atoms with Crippen LogP contribution in [0.25, 0.3) is 0 Å². The Balaban J connectivity index is 3.07. The van der Waals surface area contributed by atoms with E-state index in [-0.39, 0.29) is 17.1 Å². The number of aliphatic carboxylic acids is 2. The molecule has 0 bridgehead atoms.